The molecule has 0 saturated heterocycles. The summed E-state index contributed by atoms with van der Waals surface area (Å²) in [5, 5.41) is 14.5. The number of benzene rings is 1. The van der Waals surface area contributed by atoms with Gasteiger partial charge >= 0.3 is 5.69 Å². The van der Waals surface area contributed by atoms with Crippen molar-refractivity contribution >= 4 is 17.3 Å². The Bertz CT molecular complexity index is 562. The van der Waals surface area contributed by atoms with E-state index in [1.807, 2.05) is 0 Å². The van der Waals surface area contributed by atoms with Gasteiger partial charge in [0.25, 0.3) is 0 Å². The minimum atomic E-state index is -0.443. The number of carbonyl (C=O) groups excluding carboxylic acids is 1. The highest BCUT2D eigenvalue weighted by Gasteiger charge is 2.28. The summed E-state index contributed by atoms with van der Waals surface area (Å²) in [6, 6.07) is 4.96. The maximum Gasteiger partial charge on any atom is 0.333 e. The predicted octanol–water partition coefficient (Wildman–Crippen LogP) is 2.45. The Morgan fingerprint density at radius 2 is 2.27 bits per heavy atom. The Balaban J connectivity index is 2.20. The minimum absolute atomic E-state index is 0.00169. The molecule has 2 atom stereocenters. The van der Waals surface area contributed by atoms with Crippen LogP contribution >= 0.6 is 0 Å². The van der Waals surface area contributed by atoms with E-state index in [-0.39, 0.29) is 29.3 Å². The molecule has 0 heterocycles. The van der Waals surface area contributed by atoms with E-state index in [4.69, 9.17) is 10.5 Å². The van der Waals surface area contributed by atoms with Crippen molar-refractivity contribution in [3.8, 4) is 5.75 Å². The number of nitrogens with two attached hydrogens (primary N) is 1. The number of amides is 1. The van der Waals surface area contributed by atoms with Crippen molar-refractivity contribution in [2.75, 3.05) is 11.9 Å². The Morgan fingerprint density at radius 1 is 1.50 bits per heavy atom. The molecule has 1 aliphatic rings. The number of rotatable bonds is 6. The Kier molecular flexibility index (Phi) is 5.19. The number of nitrogens with zero attached hydrogens (tertiary/aromatic N) is 1. The van der Waals surface area contributed by atoms with Gasteiger partial charge in [-0.15, -0.1) is 0 Å². The summed E-state index contributed by atoms with van der Waals surface area (Å²) in [5.74, 6) is -0.218. The summed E-state index contributed by atoms with van der Waals surface area (Å²) in [4.78, 5) is 22.2. The molecule has 2 rings (SSSR count). The lowest BCUT2D eigenvalue weighted by Gasteiger charge is -2.28. The van der Waals surface area contributed by atoms with Gasteiger partial charge in [0, 0.05) is 12.0 Å². The molecule has 120 valence electrons. The molecular formula is C15H21N3O4. The third-order valence-corrected chi connectivity index (χ3v) is 3.92. The van der Waals surface area contributed by atoms with E-state index in [1.54, 1.807) is 25.1 Å². The van der Waals surface area contributed by atoms with Gasteiger partial charge < -0.3 is 15.8 Å². The van der Waals surface area contributed by atoms with E-state index in [9.17, 15) is 14.9 Å². The third kappa shape index (κ3) is 3.66. The average Bonchev–Trinajstić information content (AvgIpc) is 2.47. The van der Waals surface area contributed by atoms with Crippen molar-refractivity contribution in [3.63, 3.8) is 0 Å². The summed E-state index contributed by atoms with van der Waals surface area (Å²) in [7, 11) is 0. The second-order valence-electron chi connectivity index (χ2n) is 5.45. The second kappa shape index (κ2) is 7.11. The predicted molar refractivity (Wildman–Crippen MR) is 82.8 cm³/mol. The molecule has 1 aromatic carbocycles. The molecule has 22 heavy (non-hydrogen) atoms. The number of carbonyl (C=O) groups is 1. The average molecular weight is 307 g/mol. The molecule has 1 aliphatic carbocycles. The van der Waals surface area contributed by atoms with E-state index in [1.165, 1.54) is 0 Å². The van der Waals surface area contributed by atoms with E-state index in [0.29, 0.717) is 18.7 Å². The summed E-state index contributed by atoms with van der Waals surface area (Å²) < 4.78 is 5.33. The number of hydrogen-bond acceptors (Lipinski definition) is 5. The van der Waals surface area contributed by atoms with Crippen LogP contribution in [0.5, 0.6) is 5.75 Å². The smallest absolute Gasteiger partial charge is 0.333 e. The van der Waals surface area contributed by atoms with Gasteiger partial charge in [-0.3, -0.25) is 14.9 Å². The van der Waals surface area contributed by atoms with Gasteiger partial charge in [-0.1, -0.05) is 12.5 Å². The monoisotopic (exact) mass is 307 g/mol. The molecule has 0 aromatic heterocycles. The molecule has 7 heteroatoms. The Labute approximate surface area is 129 Å². The topological polar surface area (TPSA) is 107 Å². The number of primary amides is 1. The molecule has 7 nitrogen and oxygen atoms in total. The molecular weight excluding hydrogens is 286 g/mol. The Hall–Kier alpha value is -2.31. The highest BCUT2D eigenvalue weighted by atomic mass is 16.6. The van der Waals surface area contributed by atoms with Crippen LogP contribution in [-0.4, -0.2) is 23.5 Å². The molecule has 0 unspecified atom stereocenters. The Morgan fingerprint density at radius 3 is 2.91 bits per heavy atom. The fraction of sp³-hybridized carbons (Fsp3) is 0.533. The lowest BCUT2D eigenvalue weighted by atomic mass is 9.85. The number of ether oxygens (including phenoxy) is 1. The zero-order valence-corrected chi connectivity index (χ0v) is 12.6. The quantitative estimate of drug-likeness (QED) is 0.620. The van der Waals surface area contributed by atoms with Crippen molar-refractivity contribution in [1.82, 2.24) is 0 Å². The summed E-state index contributed by atoms with van der Waals surface area (Å²) in [6.45, 7) is 2.14. The normalized spacial score (nSPS) is 21.1. The first-order chi connectivity index (χ1) is 10.5. The van der Waals surface area contributed by atoms with E-state index < -0.39 is 4.92 Å². The highest BCUT2D eigenvalue weighted by molar-refractivity contribution is 5.77. The largest absolute Gasteiger partial charge is 0.487 e. The van der Waals surface area contributed by atoms with Crippen LogP contribution in [0.15, 0.2) is 18.2 Å². The molecule has 1 fully saturated rings. The van der Waals surface area contributed by atoms with Crippen LogP contribution in [0.4, 0.5) is 11.4 Å². The van der Waals surface area contributed by atoms with Crippen LogP contribution in [0, 0.1) is 16.0 Å². The molecule has 0 aliphatic heterocycles. The fourth-order valence-corrected chi connectivity index (χ4v) is 2.90. The van der Waals surface area contributed by atoms with Gasteiger partial charge in [0.15, 0.2) is 5.75 Å². The molecule has 1 amide bonds. The van der Waals surface area contributed by atoms with Gasteiger partial charge in [-0.2, -0.15) is 0 Å². The van der Waals surface area contributed by atoms with E-state index in [0.717, 1.165) is 19.3 Å². The standard InChI is InChI=1S/C15H21N3O4/c1-2-22-13-8-4-7-12(14(13)18(20)21)17-11-6-3-5-10(9-11)15(16)19/h4,7-8,10-11,17H,2-3,5-6,9H2,1H3,(H2,16,19)/t10-,11+/m1/s1. The zero-order valence-electron chi connectivity index (χ0n) is 12.6. The lowest BCUT2D eigenvalue weighted by molar-refractivity contribution is -0.385. The van der Waals surface area contributed by atoms with Crippen molar-refractivity contribution < 1.29 is 14.5 Å². The minimum Gasteiger partial charge on any atom is -0.487 e. The van der Waals surface area contributed by atoms with Crippen LogP contribution in [0.25, 0.3) is 0 Å². The first-order valence-corrected chi connectivity index (χ1v) is 7.49. The van der Waals surface area contributed by atoms with Crippen molar-refractivity contribution in [1.29, 1.82) is 0 Å². The van der Waals surface area contributed by atoms with Gasteiger partial charge in [-0.25, -0.2) is 0 Å². The zero-order chi connectivity index (χ0) is 16.1. The molecule has 0 spiro atoms. The number of nitro benzene ring substituents is 1. The van der Waals surface area contributed by atoms with Crippen LogP contribution in [-0.2, 0) is 4.79 Å². The van der Waals surface area contributed by atoms with Gasteiger partial charge in [-0.05, 0) is 38.3 Å². The molecule has 1 saturated carbocycles. The number of nitrogens with one attached hydrogen (secondary N) is 1. The summed E-state index contributed by atoms with van der Waals surface area (Å²) in [6.07, 6.45) is 3.13. The number of hydrogen-bond donors (Lipinski definition) is 2. The van der Waals surface area contributed by atoms with Crippen LogP contribution in [0.3, 0.4) is 0 Å². The fourth-order valence-electron chi connectivity index (χ4n) is 2.90. The van der Waals surface area contributed by atoms with Crippen molar-refractivity contribution in [3.05, 3.63) is 28.3 Å². The first kappa shape index (κ1) is 16.1. The van der Waals surface area contributed by atoms with Gasteiger partial charge in [0.1, 0.15) is 5.69 Å². The maximum atomic E-state index is 11.3. The van der Waals surface area contributed by atoms with Crippen molar-refractivity contribution in [2.45, 2.75) is 38.6 Å². The molecule has 0 bridgehead atoms. The van der Waals surface area contributed by atoms with Crippen LogP contribution in [0.1, 0.15) is 32.6 Å². The van der Waals surface area contributed by atoms with Gasteiger partial charge in [0.05, 0.1) is 11.5 Å². The van der Waals surface area contributed by atoms with E-state index >= 15 is 0 Å². The summed E-state index contributed by atoms with van der Waals surface area (Å²) in [5.41, 5.74) is 5.73. The maximum absolute atomic E-state index is 11.3. The molecule has 3 N–H and O–H groups in total. The SMILES string of the molecule is CCOc1cccc(N[C@H]2CCC[C@@H](C(N)=O)C2)c1[N+](=O)[O-]. The van der Waals surface area contributed by atoms with Crippen LogP contribution in [0.2, 0.25) is 0 Å². The summed E-state index contributed by atoms with van der Waals surface area (Å²) >= 11 is 0. The van der Waals surface area contributed by atoms with E-state index in [2.05, 4.69) is 5.32 Å². The number of nitro groups is 1. The van der Waals surface area contributed by atoms with Crippen LogP contribution < -0.4 is 15.8 Å². The van der Waals surface area contributed by atoms with Crippen molar-refractivity contribution in [2.24, 2.45) is 11.7 Å². The number of anilines is 1. The first-order valence-electron chi connectivity index (χ1n) is 7.49. The molecule has 1 aromatic rings. The number of para-hydroxylation sites is 1. The third-order valence-electron chi connectivity index (χ3n) is 3.92. The lowest BCUT2D eigenvalue weighted by Crippen LogP contribution is -2.34. The van der Waals surface area contributed by atoms with Gasteiger partial charge in [0.2, 0.25) is 5.91 Å². The highest BCUT2D eigenvalue weighted by Crippen LogP contribution is 2.36. The molecule has 0 radical (unpaired) electrons. The second-order valence-corrected chi connectivity index (χ2v) is 5.45.